The van der Waals surface area contributed by atoms with Crippen LogP contribution >= 0.6 is 23.2 Å². The molecule has 1 N–H and O–H groups in total. The highest BCUT2D eigenvalue weighted by molar-refractivity contribution is 6.35. The van der Waals surface area contributed by atoms with Crippen LogP contribution in [0.4, 0.5) is 0 Å². The van der Waals surface area contributed by atoms with Crippen molar-refractivity contribution in [3.05, 3.63) is 58.1 Å². The molecular weight excluding hydrogens is 281 g/mol. The second-order valence-corrected chi connectivity index (χ2v) is 5.04. The first-order chi connectivity index (χ1) is 9.20. The Morgan fingerprint density at radius 3 is 2.63 bits per heavy atom. The fourth-order valence-electron chi connectivity index (χ4n) is 2.19. The second kappa shape index (κ2) is 4.72. The first-order valence-corrected chi connectivity index (χ1v) is 6.47. The number of benzene rings is 2. The van der Waals surface area contributed by atoms with E-state index in [9.17, 15) is 4.79 Å². The maximum Gasteiger partial charge on any atom is 0.152 e. The van der Waals surface area contributed by atoms with E-state index in [1.807, 2.05) is 24.3 Å². The Balaban J connectivity index is 2.36. The number of rotatable bonds is 2. The summed E-state index contributed by atoms with van der Waals surface area (Å²) in [5.74, 6) is 0. The molecule has 1 aromatic heterocycles. The predicted molar refractivity (Wildman–Crippen MR) is 79.1 cm³/mol. The summed E-state index contributed by atoms with van der Waals surface area (Å²) < 4.78 is 0. The Bertz CT molecular complexity index is 777. The molecule has 0 saturated heterocycles. The second-order valence-electron chi connectivity index (χ2n) is 4.20. The molecule has 0 fully saturated rings. The van der Waals surface area contributed by atoms with Crippen molar-refractivity contribution in [2.24, 2.45) is 0 Å². The smallest absolute Gasteiger partial charge is 0.152 e. The van der Waals surface area contributed by atoms with Crippen LogP contribution in [0.25, 0.3) is 22.2 Å². The molecule has 19 heavy (non-hydrogen) atoms. The summed E-state index contributed by atoms with van der Waals surface area (Å²) in [6, 6.07) is 12.8. The van der Waals surface area contributed by atoms with Gasteiger partial charge in [0.05, 0.1) is 10.7 Å². The molecule has 94 valence electrons. The lowest BCUT2D eigenvalue weighted by atomic mass is 10.1. The van der Waals surface area contributed by atoms with Gasteiger partial charge in [0.2, 0.25) is 0 Å². The SMILES string of the molecule is O=Cc1c(-c2cc(Cl)ccc2Cl)[nH]c2ccccc12. The summed E-state index contributed by atoms with van der Waals surface area (Å²) in [6.07, 6.45) is 0.839. The molecular formula is C15H9Cl2NO. The molecule has 3 rings (SSSR count). The number of H-pyrrole nitrogens is 1. The molecule has 0 amide bonds. The van der Waals surface area contributed by atoms with E-state index in [-0.39, 0.29) is 0 Å². The number of carbonyl (C=O) groups is 1. The zero-order chi connectivity index (χ0) is 13.4. The molecule has 2 aromatic carbocycles. The molecule has 0 spiro atoms. The highest BCUT2D eigenvalue weighted by Gasteiger charge is 2.14. The minimum Gasteiger partial charge on any atom is -0.354 e. The average Bonchev–Trinajstić information content (AvgIpc) is 2.79. The summed E-state index contributed by atoms with van der Waals surface area (Å²) >= 11 is 12.2. The highest BCUT2D eigenvalue weighted by Crippen LogP contribution is 2.34. The first kappa shape index (κ1) is 12.3. The first-order valence-electron chi connectivity index (χ1n) is 5.72. The van der Waals surface area contributed by atoms with Gasteiger partial charge in [-0.2, -0.15) is 0 Å². The third kappa shape index (κ3) is 2.03. The number of carbonyl (C=O) groups excluding carboxylic acids is 1. The van der Waals surface area contributed by atoms with E-state index in [1.165, 1.54) is 0 Å². The molecule has 0 aliphatic heterocycles. The molecule has 0 atom stereocenters. The Morgan fingerprint density at radius 1 is 1.05 bits per heavy atom. The van der Waals surface area contributed by atoms with Crippen molar-refractivity contribution in [1.29, 1.82) is 0 Å². The highest BCUT2D eigenvalue weighted by atomic mass is 35.5. The lowest BCUT2D eigenvalue weighted by Gasteiger charge is -2.03. The van der Waals surface area contributed by atoms with Crippen LogP contribution < -0.4 is 0 Å². The number of nitrogens with one attached hydrogen (secondary N) is 1. The Hall–Kier alpha value is -1.77. The zero-order valence-electron chi connectivity index (χ0n) is 9.78. The van der Waals surface area contributed by atoms with Gasteiger partial charge in [-0.1, -0.05) is 41.4 Å². The summed E-state index contributed by atoms with van der Waals surface area (Å²) in [4.78, 5) is 14.6. The fourth-order valence-corrected chi connectivity index (χ4v) is 2.57. The van der Waals surface area contributed by atoms with Crippen LogP contribution in [-0.4, -0.2) is 11.3 Å². The largest absolute Gasteiger partial charge is 0.354 e. The van der Waals surface area contributed by atoms with Crippen molar-refractivity contribution in [3.8, 4) is 11.3 Å². The number of aromatic nitrogens is 1. The van der Waals surface area contributed by atoms with Gasteiger partial charge in [-0.3, -0.25) is 4.79 Å². The number of fused-ring (bicyclic) bond motifs is 1. The number of hydrogen-bond acceptors (Lipinski definition) is 1. The third-order valence-electron chi connectivity index (χ3n) is 3.06. The monoisotopic (exact) mass is 289 g/mol. The fraction of sp³-hybridized carbons (Fsp3) is 0. The van der Waals surface area contributed by atoms with Gasteiger partial charge in [-0.05, 0) is 24.3 Å². The summed E-state index contributed by atoms with van der Waals surface area (Å²) in [5, 5.41) is 2.01. The maximum absolute atomic E-state index is 11.4. The third-order valence-corrected chi connectivity index (χ3v) is 3.63. The van der Waals surface area contributed by atoms with E-state index in [0.29, 0.717) is 21.3 Å². The van der Waals surface area contributed by atoms with Gasteiger partial charge in [0.1, 0.15) is 0 Å². The molecule has 2 nitrogen and oxygen atoms in total. The summed E-state index contributed by atoms with van der Waals surface area (Å²) in [6.45, 7) is 0. The van der Waals surface area contributed by atoms with Crippen molar-refractivity contribution >= 4 is 40.4 Å². The van der Waals surface area contributed by atoms with Gasteiger partial charge < -0.3 is 4.98 Å². The molecule has 0 unspecified atom stereocenters. The molecule has 0 bridgehead atoms. The van der Waals surface area contributed by atoms with Crippen LogP contribution in [0.2, 0.25) is 10.0 Å². The van der Waals surface area contributed by atoms with Crippen molar-refractivity contribution in [2.75, 3.05) is 0 Å². The number of aldehydes is 1. The van der Waals surface area contributed by atoms with E-state index >= 15 is 0 Å². The Kier molecular flexibility index (Phi) is 3.05. The van der Waals surface area contributed by atoms with Crippen molar-refractivity contribution in [3.63, 3.8) is 0 Å². The lowest BCUT2D eigenvalue weighted by molar-refractivity contribution is 0.112. The lowest BCUT2D eigenvalue weighted by Crippen LogP contribution is -1.86. The number of aromatic amines is 1. The van der Waals surface area contributed by atoms with E-state index in [2.05, 4.69) is 4.98 Å². The van der Waals surface area contributed by atoms with Crippen LogP contribution in [0.5, 0.6) is 0 Å². The van der Waals surface area contributed by atoms with Gasteiger partial charge in [0.25, 0.3) is 0 Å². The van der Waals surface area contributed by atoms with Gasteiger partial charge in [0, 0.05) is 27.1 Å². The van der Waals surface area contributed by atoms with Gasteiger partial charge in [0.15, 0.2) is 6.29 Å². The van der Waals surface area contributed by atoms with Crippen molar-refractivity contribution < 1.29 is 4.79 Å². The summed E-state index contributed by atoms with van der Waals surface area (Å²) in [5.41, 5.74) is 2.92. The molecule has 1 heterocycles. The molecule has 0 aliphatic rings. The average molecular weight is 290 g/mol. The zero-order valence-corrected chi connectivity index (χ0v) is 11.3. The van der Waals surface area contributed by atoms with E-state index in [4.69, 9.17) is 23.2 Å². The standard InChI is InChI=1S/C15H9Cl2NO/c16-9-5-6-13(17)11(7-9)15-12(8-19)10-3-1-2-4-14(10)18-15/h1-8,18H. The maximum atomic E-state index is 11.4. The molecule has 3 aromatic rings. The van der Waals surface area contributed by atoms with Crippen LogP contribution in [0.3, 0.4) is 0 Å². The van der Waals surface area contributed by atoms with Crippen LogP contribution in [0.15, 0.2) is 42.5 Å². The number of hydrogen-bond donors (Lipinski definition) is 1. The summed E-state index contributed by atoms with van der Waals surface area (Å²) in [7, 11) is 0. The number of para-hydroxylation sites is 1. The molecule has 0 radical (unpaired) electrons. The minimum atomic E-state index is 0.555. The van der Waals surface area contributed by atoms with Gasteiger partial charge in [-0.25, -0.2) is 0 Å². The van der Waals surface area contributed by atoms with Crippen molar-refractivity contribution in [1.82, 2.24) is 4.98 Å². The van der Waals surface area contributed by atoms with Gasteiger partial charge >= 0.3 is 0 Å². The minimum absolute atomic E-state index is 0.555. The van der Waals surface area contributed by atoms with Crippen LogP contribution in [0, 0.1) is 0 Å². The predicted octanol–water partition coefficient (Wildman–Crippen LogP) is 4.95. The van der Waals surface area contributed by atoms with Gasteiger partial charge in [-0.15, -0.1) is 0 Å². The van der Waals surface area contributed by atoms with Crippen molar-refractivity contribution in [2.45, 2.75) is 0 Å². The normalized spacial score (nSPS) is 10.8. The molecule has 0 aliphatic carbocycles. The van der Waals surface area contributed by atoms with Crippen LogP contribution in [-0.2, 0) is 0 Å². The van der Waals surface area contributed by atoms with E-state index in [1.54, 1.807) is 18.2 Å². The van der Waals surface area contributed by atoms with E-state index in [0.717, 1.165) is 22.8 Å². The topological polar surface area (TPSA) is 32.9 Å². The van der Waals surface area contributed by atoms with Crippen LogP contribution in [0.1, 0.15) is 10.4 Å². The quantitative estimate of drug-likeness (QED) is 0.665. The molecule has 4 heteroatoms. The molecule has 0 saturated carbocycles. The Labute approximate surface area is 120 Å². The van der Waals surface area contributed by atoms with E-state index < -0.39 is 0 Å². The Morgan fingerprint density at radius 2 is 1.84 bits per heavy atom. The number of halogens is 2.